The second-order valence-electron chi connectivity index (χ2n) is 7.50. The van der Waals surface area contributed by atoms with Gasteiger partial charge in [0.15, 0.2) is 0 Å². The Morgan fingerprint density at radius 1 is 1.33 bits per heavy atom. The van der Waals surface area contributed by atoms with Gasteiger partial charge >= 0.3 is 0 Å². The Morgan fingerprint density at radius 2 is 2.13 bits per heavy atom. The number of hydrogen-bond acceptors (Lipinski definition) is 6. The van der Waals surface area contributed by atoms with Gasteiger partial charge in [-0.1, -0.05) is 17.7 Å². The molecular weight excluding hydrogens is 409 g/mol. The summed E-state index contributed by atoms with van der Waals surface area (Å²) in [6.07, 6.45) is 0.434. The van der Waals surface area contributed by atoms with Crippen LogP contribution in [-0.2, 0) is 22.6 Å². The molecule has 0 saturated carbocycles. The van der Waals surface area contributed by atoms with Crippen molar-refractivity contribution >= 4 is 23.3 Å². The van der Waals surface area contributed by atoms with E-state index in [-0.39, 0.29) is 16.8 Å². The molecule has 1 aliphatic heterocycles. The molecule has 0 radical (unpaired) electrons. The van der Waals surface area contributed by atoms with Gasteiger partial charge in [-0.2, -0.15) is 0 Å². The molecule has 1 atom stereocenters. The molecule has 1 aromatic heterocycles. The topological polar surface area (TPSA) is 70.6 Å². The van der Waals surface area contributed by atoms with E-state index in [9.17, 15) is 9.18 Å². The molecule has 1 fully saturated rings. The number of nitrogens with zero attached hydrogens (tertiary/aromatic N) is 4. The number of aromatic nitrogens is 2. The van der Waals surface area contributed by atoms with E-state index in [4.69, 9.17) is 21.3 Å². The first-order valence-electron chi connectivity index (χ1n) is 9.84. The number of halogens is 2. The smallest absolute Gasteiger partial charge is 0.223 e. The van der Waals surface area contributed by atoms with Gasteiger partial charge in [0.2, 0.25) is 5.91 Å². The van der Waals surface area contributed by atoms with E-state index in [2.05, 4.69) is 10.3 Å². The molecule has 1 unspecified atom stereocenters. The minimum Gasteiger partial charge on any atom is -0.383 e. The fourth-order valence-corrected chi connectivity index (χ4v) is 3.68. The third kappa shape index (κ3) is 5.65. The van der Waals surface area contributed by atoms with Crippen molar-refractivity contribution in [2.24, 2.45) is 0 Å². The van der Waals surface area contributed by atoms with E-state index in [1.165, 1.54) is 6.07 Å². The van der Waals surface area contributed by atoms with Gasteiger partial charge in [-0.15, -0.1) is 0 Å². The minimum absolute atomic E-state index is 0.0267. The van der Waals surface area contributed by atoms with Crippen LogP contribution in [0.4, 0.5) is 10.2 Å². The molecule has 0 bridgehead atoms. The predicted molar refractivity (Wildman–Crippen MR) is 114 cm³/mol. The molecule has 9 heteroatoms. The van der Waals surface area contributed by atoms with Crippen LogP contribution in [0.1, 0.15) is 29.4 Å². The van der Waals surface area contributed by atoms with Crippen LogP contribution in [0, 0.1) is 5.82 Å². The maximum absolute atomic E-state index is 13.7. The highest BCUT2D eigenvalue weighted by Gasteiger charge is 2.31. The lowest BCUT2D eigenvalue weighted by atomic mass is 10.0. The number of likely N-dealkylation sites (tertiary alicyclic amines) is 1. The van der Waals surface area contributed by atoms with E-state index < -0.39 is 5.82 Å². The van der Waals surface area contributed by atoms with Crippen LogP contribution < -0.4 is 5.32 Å². The summed E-state index contributed by atoms with van der Waals surface area (Å²) >= 11 is 5.76. The summed E-state index contributed by atoms with van der Waals surface area (Å²) in [5.74, 6) is 1.08. The van der Waals surface area contributed by atoms with E-state index in [0.29, 0.717) is 50.8 Å². The van der Waals surface area contributed by atoms with Gasteiger partial charge in [0.1, 0.15) is 17.5 Å². The molecule has 162 valence electrons. The molecule has 2 heterocycles. The number of nitrogens with one attached hydrogen (secondary N) is 1. The summed E-state index contributed by atoms with van der Waals surface area (Å²) in [7, 11) is 5.36. The van der Waals surface area contributed by atoms with Gasteiger partial charge < -0.3 is 15.0 Å². The van der Waals surface area contributed by atoms with E-state index in [0.717, 1.165) is 11.3 Å². The molecule has 1 N–H and O–H groups in total. The summed E-state index contributed by atoms with van der Waals surface area (Å²) in [4.78, 5) is 25.4. The number of carbonyl (C=O) groups is 1. The Bertz CT molecular complexity index is 898. The van der Waals surface area contributed by atoms with Gasteiger partial charge in [0.05, 0.1) is 23.9 Å². The van der Waals surface area contributed by atoms with Gasteiger partial charge in [0.25, 0.3) is 0 Å². The number of ether oxygens (including phenoxy) is 1. The van der Waals surface area contributed by atoms with Crippen LogP contribution in [0.5, 0.6) is 0 Å². The van der Waals surface area contributed by atoms with Crippen molar-refractivity contribution in [3.63, 3.8) is 0 Å². The molecule has 0 aliphatic carbocycles. The van der Waals surface area contributed by atoms with Gasteiger partial charge in [0, 0.05) is 52.2 Å². The van der Waals surface area contributed by atoms with Gasteiger partial charge in [-0.05, 0) is 24.7 Å². The van der Waals surface area contributed by atoms with Crippen molar-refractivity contribution in [1.82, 2.24) is 19.8 Å². The largest absolute Gasteiger partial charge is 0.383 e. The lowest BCUT2D eigenvalue weighted by Gasteiger charge is -2.19. The molecule has 7 nitrogen and oxygen atoms in total. The van der Waals surface area contributed by atoms with Crippen molar-refractivity contribution < 1.29 is 13.9 Å². The first kappa shape index (κ1) is 22.4. The number of carbonyl (C=O) groups excluding carboxylic acids is 1. The Morgan fingerprint density at radius 3 is 2.83 bits per heavy atom. The van der Waals surface area contributed by atoms with Gasteiger partial charge in [-0.25, -0.2) is 14.4 Å². The molecular formula is C21H27ClFN5O2. The molecule has 0 spiro atoms. The average molecular weight is 436 g/mol. The molecule has 1 aromatic carbocycles. The first-order valence-corrected chi connectivity index (χ1v) is 10.2. The Balaban J connectivity index is 1.71. The first-order chi connectivity index (χ1) is 14.4. The van der Waals surface area contributed by atoms with E-state index >= 15 is 0 Å². The molecule has 1 saturated heterocycles. The molecule has 30 heavy (non-hydrogen) atoms. The van der Waals surface area contributed by atoms with Gasteiger partial charge in [-0.3, -0.25) is 9.69 Å². The third-order valence-electron chi connectivity index (χ3n) is 5.09. The van der Waals surface area contributed by atoms with Crippen LogP contribution in [-0.4, -0.2) is 66.6 Å². The van der Waals surface area contributed by atoms with Crippen molar-refractivity contribution in [2.75, 3.05) is 46.2 Å². The minimum atomic E-state index is -0.429. The average Bonchev–Trinajstić information content (AvgIpc) is 3.09. The molecule has 3 rings (SSSR count). The molecule has 1 aliphatic rings. The maximum atomic E-state index is 13.7. The standard InChI is InChI=1S/C21H27ClFN5O2/c1-24-19-10-18(15-9-21(29)28(12-15)6-7-30-3)25-20(26-19)13-27(2)11-14-4-5-16(22)17(23)8-14/h4-5,8,10,15H,6-7,9,11-13H2,1-3H3,(H,24,25,26). The lowest BCUT2D eigenvalue weighted by molar-refractivity contribution is -0.128. The van der Waals surface area contributed by atoms with Crippen molar-refractivity contribution in [3.05, 3.63) is 52.2 Å². The quantitative estimate of drug-likeness (QED) is 0.653. The monoisotopic (exact) mass is 435 g/mol. The number of rotatable bonds is 9. The van der Waals surface area contributed by atoms with Crippen molar-refractivity contribution in [3.8, 4) is 0 Å². The zero-order valence-corrected chi connectivity index (χ0v) is 18.2. The number of amides is 1. The zero-order chi connectivity index (χ0) is 21.7. The normalized spacial score (nSPS) is 16.5. The Hall–Kier alpha value is -2.29. The number of anilines is 1. The SMILES string of the molecule is CNc1cc(C2CC(=O)N(CCOC)C2)nc(CN(C)Cc2ccc(Cl)c(F)c2)n1. The summed E-state index contributed by atoms with van der Waals surface area (Å²) < 4.78 is 18.8. The van der Waals surface area contributed by atoms with Crippen molar-refractivity contribution in [2.45, 2.75) is 25.4 Å². The summed E-state index contributed by atoms with van der Waals surface area (Å²) in [5, 5.41) is 3.18. The maximum Gasteiger partial charge on any atom is 0.223 e. The third-order valence-corrected chi connectivity index (χ3v) is 5.40. The van der Waals surface area contributed by atoms with Crippen LogP contribution in [0.3, 0.4) is 0 Å². The fraction of sp³-hybridized carbons (Fsp3) is 0.476. The van der Waals surface area contributed by atoms with Crippen LogP contribution >= 0.6 is 11.6 Å². The predicted octanol–water partition coefficient (Wildman–Crippen LogP) is 2.91. The van der Waals surface area contributed by atoms with Crippen molar-refractivity contribution in [1.29, 1.82) is 0 Å². The van der Waals surface area contributed by atoms with Crippen LogP contribution in [0.2, 0.25) is 5.02 Å². The highest BCUT2D eigenvalue weighted by atomic mass is 35.5. The number of methoxy groups -OCH3 is 1. The van der Waals surface area contributed by atoms with E-state index in [1.807, 2.05) is 22.9 Å². The Kier molecular flexibility index (Phi) is 7.58. The Labute approximate surface area is 181 Å². The number of hydrogen-bond donors (Lipinski definition) is 1. The molecule has 1 amide bonds. The molecule has 2 aromatic rings. The van der Waals surface area contributed by atoms with Crippen LogP contribution in [0.25, 0.3) is 0 Å². The second kappa shape index (κ2) is 10.1. The highest BCUT2D eigenvalue weighted by Crippen LogP contribution is 2.28. The highest BCUT2D eigenvalue weighted by molar-refractivity contribution is 6.30. The summed E-state index contributed by atoms with van der Waals surface area (Å²) in [5.41, 5.74) is 1.67. The fourth-order valence-electron chi connectivity index (χ4n) is 3.56. The second-order valence-corrected chi connectivity index (χ2v) is 7.91. The number of benzene rings is 1. The van der Waals surface area contributed by atoms with Crippen LogP contribution in [0.15, 0.2) is 24.3 Å². The van der Waals surface area contributed by atoms with E-state index in [1.54, 1.807) is 26.3 Å². The summed E-state index contributed by atoms with van der Waals surface area (Å²) in [6, 6.07) is 6.70. The zero-order valence-electron chi connectivity index (χ0n) is 17.5. The lowest BCUT2D eigenvalue weighted by Crippen LogP contribution is -2.28. The summed E-state index contributed by atoms with van der Waals surface area (Å²) in [6.45, 7) is 2.75.